The molecule has 2 fully saturated rings. The third-order valence-electron chi connectivity index (χ3n) is 5.05. The van der Waals surface area contributed by atoms with Crippen molar-refractivity contribution in [2.75, 3.05) is 44.9 Å². The van der Waals surface area contributed by atoms with Crippen molar-refractivity contribution < 1.29 is 13.2 Å². The van der Waals surface area contributed by atoms with Gasteiger partial charge in [-0.2, -0.15) is 0 Å². The van der Waals surface area contributed by atoms with Crippen molar-refractivity contribution in [1.82, 2.24) is 10.6 Å². The molecular weight excluding hydrogens is 314 g/mol. The van der Waals surface area contributed by atoms with Crippen LogP contribution in [0.1, 0.15) is 39.0 Å². The van der Waals surface area contributed by atoms with E-state index in [0.29, 0.717) is 23.5 Å². The molecule has 0 aromatic heterocycles. The van der Waals surface area contributed by atoms with E-state index in [1.807, 2.05) is 6.92 Å². The minimum atomic E-state index is -2.81. The summed E-state index contributed by atoms with van der Waals surface area (Å²) in [7, 11) is -1.06. The third-order valence-corrected chi connectivity index (χ3v) is 6.89. The Bertz CT molecular complexity index is 501. The lowest BCUT2D eigenvalue weighted by Crippen LogP contribution is -2.42. The zero-order valence-electron chi connectivity index (χ0n) is 14.4. The fraction of sp³-hybridized carbons (Fsp3) is 0.938. The summed E-state index contributed by atoms with van der Waals surface area (Å²) < 4.78 is 28.3. The summed E-state index contributed by atoms with van der Waals surface area (Å²) >= 11 is 0. The number of sulfone groups is 1. The van der Waals surface area contributed by atoms with Crippen LogP contribution < -0.4 is 10.6 Å². The van der Waals surface area contributed by atoms with E-state index in [9.17, 15) is 8.42 Å². The number of nitrogens with zero attached hydrogens (tertiary/aromatic N) is 1. The smallest absolute Gasteiger partial charge is 0.191 e. The van der Waals surface area contributed by atoms with Crippen molar-refractivity contribution in [2.45, 2.75) is 39.0 Å². The van der Waals surface area contributed by atoms with E-state index in [0.717, 1.165) is 38.5 Å². The Hall–Kier alpha value is -0.820. The summed E-state index contributed by atoms with van der Waals surface area (Å²) in [5.41, 5.74) is 0.301. The van der Waals surface area contributed by atoms with Gasteiger partial charge in [0.15, 0.2) is 15.8 Å². The molecule has 23 heavy (non-hydrogen) atoms. The number of hydrogen-bond donors (Lipinski definition) is 2. The molecule has 1 aliphatic heterocycles. The van der Waals surface area contributed by atoms with Crippen LogP contribution in [0.25, 0.3) is 0 Å². The Morgan fingerprint density at radius 1 is 1.35 bits per heavy atom. The van der Waals surface area contributed by atoms with Gasteiger partial charge in [0.25, 0.3) is 0 Å². The summed E-state index contributed by atoms with van der Waals surface area (Å²) in [6.07, 6.45) is 5.54. The number of rotatable bonds is 8. The molecule has 1 unspecified atom stereocenters. The van der Waals surface area contributed by atoms with Crippen molar-refractivity contribution >= 4 is 15.8 Å². The molecule has 1 atom stereocenters. The van der Waals surface area contributed by atoms with E-state index < -0.39 is 9.84 Å². The van der Waals surface area contributed by atoms with Crippen molar-refractivity contribution in [3.8, 4) is 0 Å². The van der Waals surface area contributed by atoms with Crippen molar-refractivity contribution in [3.05, 3.63) is 0 Å². The summed E-state index contributed by atoms with van der Waals surface area (Å²) in [5.74, 6) is 1.64. The predicted molar refractivity (Wildman–Crippen MR) is 93.5 cm³/mol. The molecule has 0 bridgehead atoms. The maximum atomic E-state index is 11.5. The lowest BCUT2D eigenvalue weighted by molar-refractivity contribution is 0.0778. The van der Waals surface area contributed by atoms with Gasteiger partial charge in [-0.15, -0.1) is 0 Å². The van der Waals surface area contributed by atoms with E-state index in [-0.39, 0.29) is 5.92 Å². The number of ether oxygens (including phenoxy) is 1. The molecule has 2 rings (SSSR count). The largest absolute Gasteiger partial charge is 0.385 e. The van der Waals surface area contributed by atoms with E-state index in [1.165, 1.54) is 19.3 Å². The number of aliphatic imine (C=N–C) groups is 1. The zero-order valence-corrected chi connectivity index (χ0v) is 15.3. The SMILES string of the molecule is CCNC(=NCC1(CCOC)CCC1)NCC1CCS(=O)(=O)C1. The molecule has 7 heteroatoms. The standard InChI is InChI=1S/C16H31N3O3S/c1-3-17-15(18-11-14-5-10-23(20,21)12-14)19-13-16(6-4-7-16)8-9-22-2/h14H,3-13H2,1-2H3,(H2,17,18,19). The predicted octanol–water partition coefficient (Wildman–Crippen LogP) is 1.18. The van der Waals surface area contributed by atoms with E-state index in [2.05, 4.69) is 10.6 Å². The highest BCUT2D eigenvalue weighted by Crippen LogP contribution is 2.44. The lowest BCUT2D eigenvalue weighted by atomic mass is 9.67. The topological polar surface area (TPSA) is 79.8 Å². The van der Waals surface area contributed by atoms with Gasteiger partial charge >= 0.3 is 0 Å². The van der Waals surface area contributed by atoms with Crippen molar-refractivity contribution in [2.24, 2.45) is 16.3 Å². The van der Waals surface area contributed by atoms with Gasteiger partial charge in [0.2, 0.25) is 0 Å². The van der Waals surface area contributed by atoms with Crippen LogP contribution >= 0.6 is 0 Å². The first-order valence-electron chi connectivity index (χ1n) is 8.70. The second-order valence-electron chi connectivity index (χ2n) is 6.94. The van der Waals surface area contributed by atoms with Crippen LogP contribution in [-0.4, -0.2) is 59.2 Å². The molecule has 2 N–H and O–H groups in total. The Morgan fingerprint density at radius 2 is 2.13 bits per heavy atom. The molecule has 0 radical (unpaired) electrons. The van der Waals surface area contributed by atoms with E-state index in [1.54, 1.807) is 7.11 Å². The minimum Gasteiger partial charge on any atom is -0.385 e. The van der Waals surface area contributed by atoms with Crippen LogP contribution in [0.15, 0.2) is 4.99 Å². The molecule has 2 aliphatic rings. The van der Waals surface area contributed by atoms with E-state index in [4.69, 9.17) is 9.73 Å². The minimum absolute atomic E-state index is 0.204. The molecule has 6 nitrogen and oxygen atoms in total. The highest BCUT2D eigenvalue weighted by Gasteiger charge is 2.36. The fourth-order valence-corrected chi connectivity index (χ4v) is 5.21. The molecule has 0 aromatic rings. The molecule has 1 saturated heterocycles. The average molecular weight is 346 g/mol. The summed E-state index contributed by atoms with van der Waals surface area (Å²) in [4.78, 5) is 4.75. The quantitative estimate of drug-likeness (QED) is 0.510. The van der Waals surface area contributed by atoms with Gasteiger partial charge in [0.1, 0.15) is 0 Å². The molecule has 0 amide bonds. The van der Waals surface area contributed by atoms with Crippen LogP contribution in [0.3, 0.4) is 0 Å². The first kappa shape index (κ1) is 18.5. The van der Waals surface area contributed by atoms with Crippen LogP contribution in [0, 0.1) is 11.3 Å². The molecule has 1 saturated carbocycles. The second-order valence-corrected chi connectivity index (χ2v) is 9.17. The Kier molecular flexibility index (Phi) is 6.71. The normalized spacial score (nSPS) is 25.8. The number of methoxy groups -OCH3 is 1. The van der Waals surface area contributed by atoms with Crippen LogP contribution in [0.4, 0.5) is 0 Å². The van der Waals surface area contributed by atoms with Gasteiger partial charge in [-0.05, 0) is 43.9 Å². The van der Waals surface area contributed by atoms with Gasteiger partial charge in [0, 0.05) is 33.4 Å². The van der Waals surface area contributed by atoms with Crippen LogP contribution in [0.2, 0.25) is 0 Å². The summed E-state index contributed by atoms with van der Waals surface area (Å²) in [5, 5.41) is 6.58. The molecule has 0 aromatic carbocycles. The van der Waals surface area contributed by atoms with Gasteiger partial charge in [-0.25, -0.2) is 8.42 Å². The van der Waals surface area contributed by atoms with Crippen LogP contribution in [-0.2, 0) is 14.6 Å². The van der Waals surface area contributed by atoms with E-state index >= 15 is 0 Å². The Labute approximate surface area is 140 Å². The number of nitrogens with one attached hydrogen (secondary N) is 2. The Morgan fingerprint density at radius 3 is 2.65 bits per heavy atom. The highest BCUT2D eigenvalue weighted by molar-refractivity contribution is 7.91. The van der Waals surface area contributed by atoms with Gasteiger partial charge in [0.05, 0.1) is 11.5 Å². The number of hydrogen-bond acceptors (Lipinski definition) is 4. The lowest BCUT2D eigenvalue weighted by Gasteiger charge is -2.40. The third kappa shape index (κ3) is 5.64. The fourth-order valence-electron chi connectivity index (χ4n) is 3.35. The van der Waals surface area contributed by atoms with Crippen molar-refractivity contribution in [1.29, 1.82) is 0 Å². The maximum absolute atomic E-state index is 11.5. The average Bonchev–Trinajstić information content (AvgIpc) is 2.82. The summed E-state index contributed by atoms with van der Waals surface area (Å²) in [6, 6.07) is 0. The van der Waals surface area contributed by atoms with Crippen molar-refractivity contribution in [3.63, 3.8) is 0 Å². The van der Waals surface area contributed by atoms with Crippen LogP contribution in [0.5, 0.6) is 0 Å². The van der Waals surface area contributed by atoms with Gasteiger partial charge < -0.3 is 15.4 Å². The first-order valence-corrected chi connectivity index (χ1v) is 10.5. The highest BCUT2D eigenvalue weighted by atomic mass is 32.2. The van der Waals surface area contributed by atoms with Gasteiger partial charge in [-0.1, -0.05) is 6.42 Å². The second kappa shape index (κ2) is 8.33. The molecule has 1 aliphatic carbocycles. The molecule has 1 heterocycles. The van der Waals surface area contributed by atoms with Gasteiger partial charge in [-0.3, -0.25) is 4.99 Å². The molecule has 134 valence electrons. The Balaban J connectivity index is 1.84. The number of guanidine groups is 1. The monoisotopic (exact) mass is 345 g/mol. The zero-order chi connectivity index (χ0) is 16.8. The summed E-state index contributed by atoms with van der Waals surface area (Å²) in [6.45, 7) is 5.13. The first-order chi connectivity index (χ1) is 11.0. The molecular formula is C16H31N3O3S. The molecule has 0 spiro atoms. The maximum Gasteiger partial charge on any atom is 0.191 e.